The lowest BCUT2D eigenvalue weighted by Gasteiger charge is -2.17. The van der Waals surface area contributed by atoms with Gasteiger partial charge in [-0.25, -0.2) is 4.79 Å². The highest BCUT2D eigenvalue weighted by atomic mass is 16.7. The van der Waals surface area contributed by atoms with Gasteiger partial charge < -0.3 is 14.9 Å². The molecule has 0 aliphatic carbocycles. The minimum absolute atomic E-state index is 0.0225. The zero-order valence-electron chi connectivity index (χ0n) is 14.7. The number of phenols is 1. The van der Waals surface area contributed by atoms with E-state index in [1.165, 1.54) is 0 Å². The van der Waals surface area contributed by atoms with E-state index in [1.54, 1.807) is 0 Å². The van der Waals surface area contributed by atoms with Gasteiger partial charge in [0.25, 0.3) is 0 Å². The first-order chi connectivity index (χ1) is 11.0. The summed E-state index contributed by atoms with van der Waals surface area (Å²) in [5.74, 6) is 0.159. The number of aryl methyl sites for hydroxylation is 2. The number of benzene rings is 1. The highest BCUT2D eigenvalue weighted by molar-refractivity contribution is 5.66. The van der Waals surface area contributed by atoms with Gasteiger partial charge in [-0.2, -0.15) is 0 Å². The van der Waals surface area contributed by atoms with Crippen LogP contribution in [0.25, 0.3) is 0 Å². The molecule has 0 amide bonds. The maximum Gasteiger partial charge on any atom is 0.511 e. The van der Waals surface area contributed by atoms with Crippen LogP contribution in [0.3, 0.4) is 0 Å². The van der Waals surface area contributed by atoms with Crippen LogP contribution in [0.15, 0.2) is 6.07 Å². The van der Waals surface area contributed by atoms with Crippen LogP contribution in [0.2, 0.25) is 0 Å². The molecule has 0 fully saturated rings. The van der Waals surface area contributed by atoms with Crippen molar-refractivity contribution in [2.75, 3.05) is 0 Å². The molecule has 1 rings (SSSR count). The lowest BCUT2D eigenvalue weighted by molar-refractivity contribution is 0.142. The molecule has 0 saturated heterocycles. The van der Waals surface area contributed by atoms with Crippen molar-refractivity contribution in [2.24, 2.45) is 0 Å². The summed E-state index contributed by atoms with van der Waals surface area (Å²) in [6, 6.07) is 2.02. The third kappa shape index (κ3) is 5.77. The summed E-state index contributed by atoms with van der Waals surface area (Å²) < 4.78 is 4.92. The monoisotopic (exact) mass is 322 g/mol. The number of phenolic OH excluding ortho intramolecular Hbond substituents is 1. The first-order valence-electron chi connectivity index (χ1n) is 8.82. The summed E-state index contributed by atoms with van der Waals surface area (Å²) >= 11 is 0. The van der Waals surface area contributed by atoms with Gasteiger partial charge in [-0.3, -0.25) is 0 Å². The zero-order chi connectivity index (χ0) is 17.2. The minimum atomic E-state index is -1.37. The molecule has 0 bridgehead atoms. The first-order valence-corrected chi connectivity index (χ1v) is 8.82. The van der Waals surface area contributed by atoms with Gasteiger partial charge in [0, 0.05) is 5.56 Å². The van der Waals surface area contributed by atoms with Crippen molar-refractivity contribution >= 4 is 6.16 Å². The fourth-order valence-electron chi connectivity index (χ4n) is 2.90. The zero-order valence-corrected chi connectivity index (χ0v) is 14.7. The molecule has 1 aromatic rings. The van der Waals surface area contributed by atoms with Gasteiger partial charge in [0.15, 0.2) is 11.5 Å². The number of hydrogen-bond acceptors (Lipinski definition) is 3. The van der Waals surface area contributed by atoms with Gasteiger partial charge in [-0.1, -0.05) is 52.5 Å². The van der Waals surface area contributed by atoms with Crippen LogP contribution in [-0.2, 0) is 19.3 Å². The van der Waals surface area contributed by atoms with Crippen molar-refractivity contribution in [3.63, 3.8) is 0 Å². The Morgan fingerprint density at radius 3 is 2.13 bits per heavy atom. The van der Waals surface area contributed by atoms with Crippen LogP contribution in [0, 0.1) is 0 Å². The second kappa shape index (κ2) is 10.1. The summed E-state index contributed by atoms with van der Waals surface area (Å²) in [6.45, 7) is 6.32. The number of aromatic hydroxyl groups is 1. The van der Waals surface area contributed by atoms with Gasteiger partial charge >= 0.3 is 6.16 Å². The van der Waals surface area contributed by atoms with E-state index in [2.05, 4.69) is 20.8 Å². The maximum absolute atomic E-state index is 11.0. The highest BCUT2D eigenvalue weighted by Gasteiger charge is 2.20. The quantitative estimate of drug-likeness (QED) is 0.340. The average Bonchev–Trinajstić information content (AvgIpc) is 2.52. The molecule has 0 spiro atoms. The first kappa shape index (κ1) is 19.3. The predicted octanol–water partition coefficient (Wildman–Crippen LogP) is 5.48. The summed E-state index contributed by atoms with van der Waals surface area (Å²) in [6.07, 6.45) is 7.25. The molecule has 0 aliphatic rings. The molecule has 0 atom stereocenters. The number of carbonyl (C=O) groups is 1. The van der Waals surface area contributed by atoms with E-state index in [1.807, 2.05) is 6.07 Å². The summed E-state index contributed by atoms with van der Waals surface area (Å²) in [7, 11) is 0. The van der Waals surface area contributed by atoms with E-state index in [0.29, 0.717) is 0 Å². The lowest BCUT2D eigenvalue weighted by Crippen LogP contribution is -2.08. The molecule has 0 heterocycles. The van der Waals surface area contributed by atoms with Crippen molar-refractivity contribution in [3.05, 3.63) is 22.8 Å². The second-order valence-electron chi connectivity index (χ2n) is 5.99. The molecule has 130 valence electrons. The number of unbranched alkanes of at least 4 members (excludes halogenated alkanes) is 4. The molecule has 2 N–H and O–H groups in total. The van der Waals surface area contributed by atoms with Gasteiger partial charge in [-0.15, -0.1) is 0 Å². The molecular weight excluding hydrogens is 292 g/mol. The second-order valence-corrected chi connectivity index (χ2v) is 5.99. The molecule has 0 aromatic heterocycles. The topological polar surface area (TPSA) is 66.8 Å². The molecule has 0 aliphatic heterocycles. The van der Waals surface area contributed by atoms with Crippen LogP contribution >= 0.6 is 0 Å². The van der Waals surface area contributed by atoms with Gasteiger partial charge in [0.2, 0.25) is 0 Å². The van der Waals surface area contributed by atoms with Crippen LogP contribution < -0.4 is 4.74 Å². The van der Waals surface area contributed by atoms with E-state index in [0.717, 1.165) is 74.5 Å². The van der Waals surface area contributed by atoms with Crippen molar-refractivity contribution < 1.29 is 19.7 Å². The molecule has 0 radical (unpaired) electrons. The Morgan fingerprint density at radius 1 is 1.00 bits per heavy atom. The van der Waals surface area contributed by atoms with Crippen LogP contribution in [0.5, 0.6) is 11.5 Å². The largest absolute Gasteiger partial charge is 0.511 e. The van der Waals surface area contributed by atoms with Crippen LogP contribution in [0.1, 0.15) is 76.0 Å². The molecule has 0 unspecified atom stereocenters. The average molecular weight is 322 g/mol. The fraction of sp³-hybridized carbons (Fsp3) is 0.632. The Bertz CT molecular complexity index is 509. The number of ether oxygens (including phenoxy) is 1. The fourth-order valence-corrected chi connectivity index (χ4v) is 2.90. The van der Waals surface area contributed by atoms with E-state index >= 15 is 0 Å². The van der Waals surface area contributed by atoms with Crippen LogP contribution in [-0.4, -0.2) is 16.4 Å². The molecule has 4 nitrogen and oxygen atoms in total. The highest BCUT2D eigenvalue weighted by Crippen LogP contribution is 2.38. The molecule has 0 saturated carbocycles. The Kier molecular flexibility index (Phi) is 8.52. The van der Waals surface area contributed by atoms with Crippen molar-refractivity contribution in [1.29, 1.82) is 0 Å². The Morgan fingerprint density at radius 2 is 1.61 bits per heavy atom. The lowest BCUT2D eigenvalue weighted by atomic mass is 9.93. The predicted molar refractivity (Wildman–Crippen MR) is 92.6 cm³/mol. The minimum Gasteiger partial charge on any atom is -0.504 e. The normalized spacial score (nSPS) is 10.7. The third-order valence-corrected chi connectivity index (χ3v) is 4.18. The smallest absolute Gasteiger partial charge is 0.504 e. The summed E-state index contributed by atoms with van der Waals surface area (Å²) in [5.41, 5.74) is 2.74. The maximum atomic E-state index is 11.0. The third-order valence-electron chi connectivity index (χ3n) is 4.18. The van der Waals surface area contributed by atoms with Crippen molar-refractivity contribution in [1.82, 2.24) is 0 Å². The van der Waals surface area contributed by atoms with Crippen molar-refractivity contribution in [3.8, 4) is 11.5 Å². The SMILES string of the molecule is CCCCCc1cc(CC)c(CCCCC)c(O)c1OC(=O)O. The summed E-state index contributed by atoms with van der Waals surface area (Å²) in [4.78, 5) is 11.0. The Hall–Kier alpha value is -1.71. The molecule has 23 heavy (non-hydrogen) atoms. The van der Waals surface area contributed by atoms with E-state index in [-0.39, 0.29) is 11.5 Å². The number of rotatable bonds is 10. The van der Waals surface area contributed by atoms with Gasteiger partial charge in [-0.05, 0) is 43.2 Å². The van der Waals surface area contributed by atoms with E-state index < -0.39 is 6.16 Å². The van der Waals surface area contributed by atoms with Gasteiger partial charge in [0.1, 0.15) is 0 Å². The van der Waals surface area contributed by atoms with Gasteiger partial charge in [0.05, 0.1) is 0 Å². The van der Waals surface area contributed by atoms with Crippen molar-refractivity contribution in [2.45, 2.75) is 78.6 Å². The molecule has 1 aromatic carbocycles. The van der Waals surface area contributed by atoms with E-state index in [9.17, 15) is 9.90 Å². The van der Waals surface area contributed by atoms with Crippen LogP contribution in [0.4, 0.5) is 4.79 Å². The Balaban J connectivity index is 3.17. The standard InChI is InChI=1S/C19H30O4/c1-4-7-9-11-15-13-14(6-3)16(12-10-8-5-2)17(20)18(15)23-19(21)22/h13,20H,4-12H2,1-3H3,(H,21,22). The summed E-state index contributed by atoms with van der Waals surface area (Å²) in [5, 5.41) is 19.6. The Labute approximate surface area is 139 Å². The molecule has 4 heteroatoms. The number of carboxylic acid groups (broad SMARTS) is 1. The van der Waals surface area contributed by atoms with E-state index in [4.69, 9.17) is 9.84 Å². The molecular formula is C19H30O4. The number of hydrogen-bond donors (Lipinski definition) is 2.